The molecule has 0 spiro atoms. The van der Waals surface area contributed by atoms with E-state index in [4.69, 9.17) is 11.6 Å². The van der Waals surface area contributed by atoms with Crippen LogP contribution in [0, 0.1) is 0 Å². The van der Waals surface area contributed by atoms with Crippen molar-refractivity contribution >= 4 is 48.3 Å². The third kappa shape index (κ3) is 6.34. The van der Waals surface area contributed by atoms with Gasteiger partial charge < -0.3 is 9.55 Å². The van der Waals surface area contributed by atoms with Crippen LogP contribution in [0.25, 0.3) is 22.0 Å². The van der Waals surface area contributed by atoms with Crippen molar-refractivity contribution in [3.63, 3.8) is 0 Å². The standard InChI is InChI=1S/C24H19ClF3N3O6S2/c1-38(34,35)12-14-4-2-5-16(10-14)39(36,37)30-23(33)21-20(17-6-3-9-29-22(17)32)18-11-15(25)7-8-19(18)31(21)13-24(26,27)28/h2-11H,12-13H2,1H3,(H,29,32)(H,30,33). The third-order valence-electron chi connectivity index (χ3n) is 5.53. The summed E-state index contributed by atoms with van der Waals surface area (Å²) in [4.78, 5) is 28.0. The molecule has 0 aliphatic heterocycles. The molecule has 39 heavy (non-hydrogen) atoms. The maximum absolute atomic E-state index is 13.7. The lowest BCUT2D eigenvalue weighted by Crippen LogP contribution is -2.34. The summed E-state index contributed by atoms with van der Waals surface area (Å²) in [5, 5.41) is 0.115. The molecule has 4 aromatic rings. The molecule has 15 heteroatoms. The molecule has 1 amide bonds. The van der Waals surface area contributed by atoms with Gasteiger partial charge in [0.1, 0.15) is 12.2 Å². The lowest BCUT2D eigenvalue weighted by molar-refractivity contribution is -0.140. The van der Waals surface area contributed by atoms with Gasteiger partial charge in [0.05, 0.1) is 10.6 Å². The number of aromatic nitrogens is 2. The molecule has 0 aliphatic carbocycles. The van der Waals surface area contributed by atoms with Gasteiger partial charge in [0.25, 0.3) is 21.5 Å². The molecule has 0 radical (unpaired) electrons. The summed E-state index contributed by atoms with van der Waals surface area (Å²) < 4.78 is 92.8. The number of pyridine rings is 1. The van der Waals surface area contributed by atoms with E-state index in [0.29, 0.717) is 4.57 Å². The highest BCUT2D eigenvalue weighted by molar-refractivity contribution is 7.90. The summed E-state index contributed by atoms with van der Waals surface area (Å²) in [6.07, 6.45) is -2.60. The minimum absolute atomic E-state index is 0.0150. The highest BCUT2D eigenvalue weighted by Gasteiger charge is 2.35. The van der Waals surface area contributed by atoms with Crippen molar-refractivity contribution in [1.82, 2.24) is 14.3 Å². The van der Waals surface area contributed by atoms with E-state index in [1.807, 2.05) is 0 Å². The Labute approximate surface area is 225 Å². The Hall–Kier alpha value is -3.62. The molecule has 9 nitrogen and oxygen atoms in total. The zero-order valence-corrected chi connectivity index (χ0v) is 22.3. The molecule has 206 valence electrons. The molecule has 0 saturated heterocycles. The number of hydrogen-bond acceptors (Lipinski definition) is 6. The predicted octanol–water partition coefficient (Wildman–Crippen LogP) is 3.88. The number of nitrogens with zero attached hydrogens (tertiary/aromatic N) is 1. The van der Waals surface area contributed by atoms with Crippen LogP contribution in [0.15, 0.2) is 70.5 Å². The number of carbonyl (C=O) groups excluding carboxylic acids is 1. The molecule has 0 fully saturated rings. The number of sulfone groups is 1. The smallest absolute Gasteiger partial charge is 0.329 e. The number of aromatic amines is 1. The number of H-pyrrole nitrogens is 1. The Kier molecular flexibility index (Phi) is 7.40. The summed E-state index contributed by atoms with van der Waals surface area (Å²) in [5.41, 5.74) is -1.93. The van der Waals surface area contributed by atoms with Crippen LogP contribution >= 0.6 is 11.6 Å². The molecule has 0 saturated carbocycles. The highest BCUT2D eigenvalue weighted by atomic mass is 35.5. The molecule has 2 heterocycles. The molecular weight excluding hydrogens is 583 g/mol. The second-order valence-electron chi connectivity index (χ2n) is 8.65. The summed E-state index contributed by atoms with van der Waals surface area (Å²) in [7, 11) is -8.22. The average Bonchev–Trinajstić information content (AvgIpc) is 3.09. The van der Waals surface area contributed by atoms with Gasteiger partial charge in [0.2, 0.25) is 0 Å². The van der Waals surface area contributed by atoms with E-state index in [1.54, 1.807) is 4.72 Å². The highest BCUT2D eigenvalue weighted by Crippen LogP contribution is 2.37. The Bertz CT molecular complexity index is 1880. The third-order valence-corrected chi connectivity index (χ3v) is 7.95. The van der Waals surface area contributed by atoms with Crippen LogP contribution in [0.5, 0.6) is 0 Å². The van der Waals surface area contributed by atoms with E-state index in [-0.39, 0.29) is 32.6 Å². The first-order chi connectivity index (χ1) is 18.1. The number of halogens is 4. The maximum atomic E-state index is 13.7. The van der Waals surface area contributed by atoms with Crippen molar-refractivity contribution in [1.29, 1.82) is 0 Å². The number of hydrogen-bond donors (Lipinski definition) is 2. The first kappa shape index (κ1) is 28.4. The van der Waals surface area contributed by atoms with Crippen molar-refractivity contribution < 1.29 is 34.8 Å². The van der Waals surface area contributed by atoms with Crippen LogP contribution in [0.1, 0.15) is 16.1 Å². The van der Waals surface area contributed by atoms with Crippen molar-refractivity contribution in [2.45, 2.75) is 23.4 Å². The Morgan fingerprint density at radius 1 is 1.05 bits per heavy atom. The average molecular weight is 602 g/mol. The Balaban J connectivity index is 1.93. The molecule has 2 N–H and O–H groups in total. The lowest BCUT2D eigenvalue weighted by atomic mass is 10.0. The molecule has 2 aromatic heterocycles. The van der Waals surface area contributed by atoms with Crippen LogP contribution < -0.4 is 10.3 Å². The fourth-order valence-corrected chi connectivity index (χ4v) is 6.11. The van der Waals surface area contributed by atoms with E-state index in [2.05, 4.69) is 4.98 Å². The molecule has 0 bridgehead atoms. The molecule has 0 aliphatic rings. The van der Waals surface area contributed by atoms with Gasteiger partial charge in [-0.1, -0.05) is 23.7 Å². The van der Waals surface area contributed by atoms with Crippen molar-refractivity contribution in [2.24, 2.45) is 0 Å². The van der Waals surface area contributed by atoms with Gasteiger partial charge in [-0.25, -0.2) is 21.6 Å². The first-order valence-electron chi connectivity index (χ1n) is 11.0. The van der Waals surface area contributed by atoms with Gasteiger partial charge in [-0.2, -0.15) is 13.2 Å². The minimum Gasteiger partial charge on any atom is -0.329 e. The topological polar surface area (TPSA) is 135 Å². The van der Waals surface area contributed by atoms with Crippen LogP contribution in [0.4, 0.5) is 13.2 Å². The Morgan fingerprint density at radius 3 is 2.41 bits per heavy atom. The van der Waals surface area contributed by atoms with E-state index < -0.39 is 60.4 Å². The van der Waals surface area contributed by atoms with E-state index in [0.717, 1.165) is 18.4 Å². The predicted molar refractivity (Wildman–Crippen MR) is 139 cm³/mol. The lowest BCUT2D eigenvalue weighted by Gasteiger charge is -2.15. The summed E-state index contributed by atoms with van der Waals surface area (Å²) in [6, 6.07) is 11.2. The van der Waals surface area contributed by atoms with Crippen molar-refractivity contribution in [3.8, 4) is 11.1 Å². The number of alkyl halides is 3. The number of carbonyl (C=O) groups is 1. The molecule has 0 atom stereocenters. The van der Waals surface area contributed by atoms with E-state index >= 15 is 0 Å². The van der Waals surface area contributed by atoms with E-state index in [1.165, 1.54) is 48.7 Å². The number of sulfonamides is 1. The number of benzene rings is 2. The van der Waals surface area contributed by atoms with Gasteiger partial charge in [-0.3, -0.25) is 9.59 Å². The summed E-state index contributed by atoms with van der Waals surface area (Å²) >= 11 is 6.08. The maximum Gasteiger partial charge on any atom is 0.406 e. The van der Waals surface area contributed by atoms with Crippen LogP contribution in [-0.2, 0) is 32.2 Å². The van der Waals surface area contributed by atoms with Gasteiger partial charge in [0.15, 0.2) is 9.84 Å². The second-order valence-corrected chi connectivity index (χ2v) is 12.9. The number of nitrogens with one attached hydrogen (secondary N) is 2. The van der Waals surface area contributed by atoms with E-state index in [9.17, 15) is 39.6 Å². The van der Waals surface area contributed by atoms with Crippen LogP contribution in [-0.4, -0.2) is 44.7 Å². The summed E-state index contributed by atoms with van der Waals surface area (Å²) in [6.45, 7) is -1.68. The normalized spacial score (nSPS) is 12.5. The number of amides is 1. The largest absolute Gasteiger partial charge is 0.406 e. The van der Waals surface area contributed by atoms with Gasteiger partial charge in [-0.15, -0.1) is 0 Å². The van der Waals surface area contributed by atoms with Crippen LogP contribution in [0.2, 0.25) is 5.02 Å². The fraction of sp³-hybridized carbons (Fsp3) is 0.167. The minimum atomic E-state index is -4.83. The molecule has 0 unspecified atom stereocenters. The second kappa shape index (κ2) is 10.2. The molecule has 2 aromatic carbocycles. The fourth-order valence-electron chi connectivity index (χ4n) is 4.13. The van der Waals surface area contributed by atoms with Gasteiger partial charge in [0, 0.05) is 39.5 Å². The SMILES string of the molecule is CS(=O)(=O)Cc1cccc(S(=O)(=O)NC(=O)c2c(-c3ccc[nH]c3=O)c3cc(Cl)ccc3n2CC(F)(F)F)c1. The molecular formula is C24H19ClF3N3O6S2. The Morgan fingerprint density at radius 2 is 1.77 bits per heavy atom. The quantitative estimate of drug-likeness (QED) is 0.330. The first-order valence-corrected chi connectivity index (χ1v) is 14.9. The van der Waals surface area contributed by atoms with Crippen LogP contribution in [0.3, 0.4) is 0 Å². The number of fused-ring (bicyclic) bond motifs is 1. The van der Waals surface area contributed by atoms with Gasteiger partial charge >= 0.3 is 6.18 Å². The zero-order chi connectivity index (χ0) is 28.8. The van der Waals surface area contributed by atoms with Crippen molar-refractivity contribution in [2.75, 3.05) is 6.26 Å². The monoisotopic (exact) mass is 601 g/mol. The van der Waals surface area contributed by atoms with Crippen molar-refractivity contribution in [3.05, 3.63) is 87.4 Å². The number of rotatable bonds is 7. The summed E-state index contributed by atoms with van der Waals surface area (Å²) in [5.74, 6) is -1.93. The molecule has 4 rings (SSSR count). The van der Waals surface area contributed by atoms with Gasteiger partial charge in [-0.05, 0) is 48.0 Å². The zero-order valence-electron chi connectivity index (χ0n) is 19.9.